The lowest BCUT2D eigenvalue weighted by molar-refractivity contribution is -0.136. The average molecular weight is 185 g/mol. The second-order valence-electron chi connectivity index (χ2n) is 2.89. The van der Waals surface area contributed by atoms with E-state index in [0.29, 0.717) is 5.92 Å². The molecule has 1 N–H and O–H groups in total. The molecule has 0 unspecified atom stereocenters. The van der Waals surface area contributed by atoms with Gasteiger partial charge in [-0.1, -0.05) is 13.8 Å². The minimum Gasteiger partial charge on any atom is -0.481 e. The number of carbonyl (C=O) groups is 1. The quantitative estimate of drug-likeness (QED) is 0.782. The molecule has 0 aliphatic heterocycles. The molecule has 0 bridgehead atoms. The fourth-order valence-electron chi connectivity index (χ4n) is 1.02. The second kappa shape index (κ2) is 3.67. The summed E-state index contributed by atoms with van der Waals surface area (Å²) in [7, 11) is 0. The molecule has 0 aliphatic rings. The Kier molecular flexibility index (Phi) is 2.81. The predicted molar refractivity (Wildman–Crippen MR) is 47.5 cm³/mol. The Hall–Kier alpha value is -0.900. The zero-order valence-electron chi connectivity index (χ0n) is 7.07. The molecule has 0 saturated carbocycles. The van der Waals surface area contributed by atoms with Gasteiger partial charge >= 0.3 is 5.97 Å². The Morgan fingerprint density at radius 2 is 2.42 bits per heavy atom. The third-order valence-electron chi connectivity index (χ3n) is 1.53. The molecule has 0 radical (unpaired) electrons. The van der Waals surface area contributed by atoms with Gasteiger partial charge in [-0.2, -0.15) is 0 Å². The van der Waals surface area contributed by atoms with E-state index < -0.39 is 5.97 Å². The van der Waals surface area contributed by atoms with Gasteiger partial charge in [0.05, 0.1) is 17.6 Å². The van der Waals surface area contributed by atoms with Crippen LogP contribution in [0.4, 0.5) is 0 Å². The molecule has 0 fully saturated rings. The van der Waals surface area contributed by atoms with Crippen LogP contribution in [0.1, 0.15) is 30.3 Å². The molecular formula is C8H11NO2S. The van der Waals surface area contributed by atoms with Gasteiger partial charge in [0.25, 0.3) is 0 Å². The third-order valence-corrected chi connectivity index (χ3v) is 2.38. The van der Waals surface area contributed by atoms with E-state index in [0.717, 1.165) is 10.6 Å². The van der Waals surface area contributed by atoms with Gasteiger partial charge in [-0.3, -0.25) is 4.79 Å². The molecule has 12 heavy (non-hydrogen) atoms. The Bertz CT molecular complexity index is 280. The first kappa shape index (κ1) is 9.19. The summed E-state index contributed by atoms with van der Waals surface area (Å²) >= 11 is 1.41. The van der Waals surface area contributed by atoms with Crippen molar-refractivity contribution >= 4 is 17.3 Å². The highest BCUT2D eigenvalue weighted by Crippen LogP contribution is 2.21. The van der Waals surface area contributed by atoms with Crippen molar-refractivity contribution in [2.24, 2.45) is 0 Å². The first-order valence-corrected chi connectivity index (χ1v) is 4.63. The van der Waals surface area contributed by atoms with Crippen LogP contribution in [0, 0.1) is 0 Å². The summed E-state index contributed by atoms with van der Waals surface area (Å²) in [6.45, 7) is 4.03. The lowest BCUT2D eigenvalue weighted by Gasteiger charge is -2.01. The topological polar surface area (TPSA) is 50.2 Å². The van der Waals surface area contributed by atoms with Crippen molar-refractivity contribution in [2.45, 2.75) is 26.2 Å². The Morgan fingerprint density at radius 1 is 1.75 bits per heavy atom. The van der Waals surface area contributed by atoms with Crippen molar-refractivity contribution in [3.63, 3.8) is 0 Å². The summed E-state index contributed by atoms with van der Waals surface area (Å²) in [6.07, 6.45) is 0.0954. The predicted octanol–water partition coefficient (Wildman–Crippen LogP) is 1.89. The molecule has 3 nitrogen and oxygen atoms in total. The number of carboxylic acids is 1. The summed E-state index contributed by atoms with van der Waals surface area (Å²) in [5.74, 6) is -0.480. The van der Waals surface area contributed by atoms with E-state index in [1.807, 2.05) is 13.8 Å². The van der Waals surface area contributed by atoms with Crippen LogP contribution in [0.3, 0.4) is 0 Å². The van der Waals surface area contributed by atoms with Gasteiger partial charge in [0.2, 0.25) is 0 Å². The van der Waals surface area contributed by atoms with Gasteiger partial charge in [-0.05, 0) is 5.92 Å². The number of carboxylic acid groups (broad SMARTS) is 1. The van der Waals surface area contributed by atoms with Crippen LogP contribution in [0.2, 0.25) is 0 Å². The fourth-order valence-corrected chi connectivity index (χ4v) is 1.93. The van der Waals surface area contributed by atoms with E-state index in [1.165, 1.54) is 11.3 Å². The molecule has 1 heterocycles. The molecule has 0 amide bonds. The van der Waals surface area contributed by atoms with Gasteiger partial charge < -0.3 is 5.11 Å². The van der Waals surface area contributed by atoms with E-state index >= 15 is 0 Å². The zero-order valence-corrected chi connectivity index (χ0v) is 7.89. The van der Waals surface area contributed by atoms with Gasteiger partial charge in [0, 0.05) is 4.88 Å². The molecule has 66 valence electrons. The molecular weight excluding hydrogens is 174 g/mol. The number of rotatable bonds is 3. The smallest absolute Gasteiger partial charge is 0.308 e. The minimum absolute atomic E-state index is 0.0954. The number of aromatic nitrogens is 1. The second-order valence-corrected chi connectivity index (χ2v) is 3.83. The maximum atomic E-state index is 10.4. The van der Waals surface area contributed by atoms with E-state index in [9.17, 15) is 4.79 Å². The molecule has 1 aromatic heterocycles. The highest BCUT2D eigenvalue weighted by Gasteiger charge is 2.12. The van der Waals surface area contributed by atoms with Crippen LogP contribution >= 0.6 is 11.3 Å². The lowest BCUT2D eigenvalue weighted by Crippen LogP contribution is -2.02. The standard InChI is InChI=1S/C8H11NO2S/c1-5(2)8-6(3-7(10)11)12-4-9-8/h4-5H,3H2,1-2H3,(H,10,11). The van der Waals surface area contributed by atoms with E-state index in [4.69, 9.17) is 5.11 Å². The molecule has 4 heteroatoms. The third kappa shape index (κ3) is 2.04. The Morgan fingerprint density at radius 3 is 2.92 bits per heavy atom. The molecule has 0 saturated heterocycles. The van der Waals surface area contributed by atoms with Gasteiger partial charge in [-0.25, -0.2) is 4.98 Å². The van der Waals surface area contributed by atoms with Gasteiger partial charge in [0.15, 0.2) is 0 Å². The van der Waals surface area contributed by atoms with Crippen molar-refractivity contribution in [3.05, 3.63) is 16.1 Å². The van der Waals surface area contributed by atoms with Gasteiger partial charge in [-0.15, -0.1) is 11.3 Å². The molecule has 0 aromatic carbocycles. The van der Waals surface area contributed by atoms with Crippen molar-refractivity contribution in [1.82, 2.24) is 4.98 Å². The highest BCUT2D eigenvalue weighted by molar-refractivity contribution is 7.09. The number of hydrogen-bond donors (Lipinski definition) is 1. The van der Waals surface area contributed by atoms with Crippen LogP contribution < -0.4 is 0 Å². The SMILES string of the molecule is CC(C)c1ncsc1CC(=O)O. The van der Waals surface area contributed by atoms with Crippen LogP contribution in [0.15, 0.2) is 5.51 Å². The number of thiazole rings is 1. The van der Waals surface area contributed by atoms with Crippen LogP contribution in [-0.4, -0.2) is 16.1 Å². The van der Waals surface area contributed by atoms with Crippen LogP contribution in [0.5, 0.6) is 0 Å². The summed E-state index contributed by atoms with van der Waals surface area (Å²) in [5.41, 5.74) is 2.62. The molecule has 0 spiro atoms. The van der Waals surface area contributed by atoms with E-state index in [2.05, 4.69) is 4.98 Å². The zero-order chi connectivity index (χ0) is 9.14. The number of aliphatic carboxylic acids is 1. The monoisotopic (exact) mass is 185 g/mol. The van der Waals surface area contributed by atoms with Crippen LogP contribution in [-0.2, 0) is 11.2 Å². The lowest BCUT2D eigenvalue weighted by atomic mass is 10.1. The molecule has 1 rings (SSSR count). The van der Waals surface area contributed by atoms with E-state index in [-0.39, 0.29) is 6.42 Å². The first-order chi connectivity index (χ1) is 5.61. The highest BCUT2D eigenvalue weighted by atomic mass is 32.1. The number of hydrogen-bond acceptors (Lipinski definition) is 3. The first-order valence-electron chi connectivity index (χ1n) is 3.75. The molecule has 0 aliphatic carbocycles. The molecule has 0 atom stereocenters. The fraction of sp³-hybridized carbons (Fsp3) is 0.500. The Labute approximate surface area is 75.1 Å². The van der Waals surface area contributed by atoms with Crippen LogP contribution in [0.25, 0.3) is 0 Å². The van der Waals surface area contributed by atoms with Crippen molar-refractivity contribution in [3.8, 4) is 0 Å². The summed E-state index contributed by atoms with van der Waals surface area (Å²) in [5, 5.41) is 8.57. The molecule has 1 aromatic rings. The van der Waals surface area contributed by atoms with Crippen molar-refractivity contribution in [1.29, 1.82) is 0 Å². The minimum atomic E-state index is -0.791. The van der Waals surface area contributed by atoms with Crippen molar-refractivity contribution < 1.29 is 9.90 Å². The van der Waals surface area contributed by atoms with Crippen molar-refractivity contribution in [2.75, 3.05) is 0 Å². The van der Waals surface area contributed by atoms with E-state index in [1.54, 1.807) is 5.51 Å². The maximum Gasteiger partial charge on any atom is 0.308 e. The summed E-state index contributed by atoms with van der Waals surface area (Å²) in [4.78, 5) is 15.4. The average Bonchev–Trinajstić information content (AvgIpc) is 2.33. The van der Waals surface area contributed by atoms with Gasteiger partial charge in [0.1, 0.15) is 0 Å². The maximum absolute atomic E-state index is 10.4. The Balaban J connectivity index is 2.84. The summed E-state index contributed by atoms with van der Waals surface area (Å²) in [6, 6.07) is 0. The normalized spacial score (nSPS) is 10.6. The summed E-state index contributed by atoms with van der Waals surface area (Å²) < 4.78 is 0. The largest absolute Gasteiger partial charge is 0.481 e. The number of nitrogens with zero attached hydrogens (tertiary/aromatic N) is 1.